The maximum Gasteiger partial charge on any atom is 0.436 e. The molecule has 0 bridgehead atoms. The molecule has 1 aromatic carbocycles. The van der Waals surface area contributed by atoms with Gasteiger partial charge in [0, 0.05) is 18.5 Å². The van der Waals surface area contributed by atoms with Gasteiger partial charge in [-0.15, -0.1) is 0 Å². The van der Waals surface area contributed by atoms with Gasteiger partial charge in [-0.3, -0.25) is 9.59 Å². The van der Waals surface area contributed by atoms with Gasteiger partial charge in [-0.25, -0.2) is 4.79 Å². The smallest absolute Gasteiger partial charge is 0.436 e. The molecule has 0 fully saturated rings. The zero-order valence-corrected chi connectivity index (χ0v) is 21.1. The average molecular weight is 490 g/mol. The van der Waals surface area contributed by atoms with Crippen LogP contribution >= 0.6 is 0 Å². The minimum absolute atomic E-state index is 0.0366. The molecule has 1 heterocycles. The monoisotopic (exact) mass is 489 g/mol. The highest BCUT2D eigenvalue weighted by Gasteiger charge is 2.26. The van der Waals surface area contributed by atoms with E-state index in [1.165, 1.54) is 0 Å². The normalized spacial score (nSPS) is 17.2. The molecule has 11 heteroatoms. The number of hydrogen-bond donors (Lipinski definition) is 3. The van der Waals surface area contributed by atoms with Gasteiger partial charge in [0.25, 0.3) is 0 Å². The number of amides is 2. The lowest BCUT2D eigenvalue weighted by Crippen LogP contribution is -2.45. The van der Waals surface area contributed by atoms with E-state index in [1.807, 2.05) is 0 Å². The van der Waals surface area contributed by atoms with Crippen LogP contribution in [0.2, 0.25) is 0 Å². The van der Waals surface area contributed by atoms with Crippen LogP contribution < -0.4 is 16.8 Å². The molecule has 5 N–H and O–H groups in total. The molecular formula is C24H35N5O6. The maximum atomic E-state index is 12.2. The number of nitrogens with zero attached hydrogens (tertiary/aromatic N) is 2. The number of benzene rings is 1. The van der Waals surface area contributed by atoms with Crippen LogP contribution in [0.1, 0.15) is 65.5 Å². The molecule has 0 aromatic heterocycles. The first-order chi connectivity index (χ1) is 16.1. The second kappa shape index (κ2) is 11.3. The molecule has 1 aliphatic heterocycles. The largest absolute Gasteiger partial charge is 0.459 e. The van der Waals surface area contributed by atoms with Crippen LogP contribution in [-0.4, -0.2) is 59.4 Å². The Morgan fingerprint density at radius 2 is 1.71 bits per heavy atom. The Labute approximate surface area is 205 Å². The van der Waals surface area contributed by atoms with Gasteiger partial charge < -0.3 is 31.1 Å². The summed E-state index contributed by atoms with van der Waals surface area (Å²) < 4.78 is 10.3. The first kappa shape index (κ1) is 27.8. The van der Waals surface area contributed by atoms with E-state index in [9.17, 15) is 14.4 Å². The molecule has 0 saturated carbocycles. The van der Waals surface area contributed by atoms with E-state index < -0.39 is 35.4 Å². The van der Waals surface area contributed by atoms with Gasteiger partial charge in [-0.1, -0.05) is 29.4 Å². The summed E-state index contributed by atoms with van der Waals surface area (Å²) in [6.45, 7) is 10.4. The summed E-state index contributed by atoms with van der Waals surface area (Å²) in [4.78, 5) is 45.1. The minimum Gasteiger partial charge on any atom is -0.459 e. The summed E-state index contributed by atoms with van der Waals surface area (Å²) in [5.41, 5.74) is 12.4. The SMILES string of the molecule is CC(C)(C)OC(=O)/N=C(\N)c1ccc(C2=NOC(CC(=O)NC[C@H](N)C(=O)OC(C)(C)C)C2)cc1. The van der Waals surface area contributed by atoms with Crippen molar-refractivity contribution in [3.8, 4) is 0 Å². The van der Waals surface area contributed by atoms with Gasteiger partial charge in [0.2, 0.25) is 5.91 Å². The van der Waals surface area contributed by atoms with Crippen molar-refractivity contribution < 1.29 is 28.7 Å². The minimum atomic E-state index is -0.959. The lowest BCUT2D eigenvalue weighted by atomic mass is 10.0. The lowest BCUT2D eigenvalue weighted by molar-refractivity contribution is -0.156. The molecule has 0 aliphatic carbocycles. The fourth-order valence-corrected chi connectivity index (χ4v) is 2.95. The highest BCUT2D eigenvalue weighted by atomic mass is 16.6. The summed E-state index contributed by atoms with van der Waals surface area (Å²) in [5.74, 6) is -0.859. The number of nitrogens with two attached hydrogens (primary N) is 2. The molecule has 0 spiro atoms. The number of hydrogen-bond acceptors (Lipinski definition) is 8. The number of ether oxygens (including phenoxy) is 2. The summed E-state index contributed by atoms with van der Waals surface area (Å²) in [6.07, 6.45) is -0.726. The molecule has 2 amide bonds. The van der Waals surface area contributed by atoms with Crippen molar-refractivity contribution in [2.45, 2.75) is 77.7 Å². The van der Waals surface area contributed by atoms with E-state index in [1.54, 1.807) is 65.8 Å². The van der Waals surface area contributed by atoms with E-state index in [4.69, 9.17) is 25.8 Å². The van der Waals surface area contributed by atoms with E-state index >= 15 is 0 Å². The molecule has 192 valence electrons. The fraction of sp³-hybridized carbons (Fsp3) is 0.542. The van der Waals surface area contributed by atoms with Crippen LogP contribution in [0.15, 0.2) is 34.4 Å². The van der Waals surface area contributed by atoms with Crippen molar-refractivity contribution in [1.29, 1.82) is 0 Å². The number of carbonyl (C=O) groups excluding carboxylic acids is 3. The number of amidine groups is 1. The van der Waals surface area contributed by atoms with E-state index in [0.29, 0.717) is 17.7 Å². The van der Waals surface area contributed by atoms with Gasteiger partial charge in [-0.2, -0.15) is 4.99 Å². The molecule has 2 atom stereocenters. The Morgan fingerprint density at radius 3 is 2.29 bits per heavy atom. The quantitative estimate of drug-likeness (QED) is 0.297. The first-order valence-corrected chi connectivity index (χ1v) is 11.3. The predicted molar refractivity (Wildman–Crippen MR) is 131 cm³/mol. The van der Waals surface area contributed by atoms with Gasteiger partial charge in [0.1, 0.15) is 29.2 Å². The molecule has 1 aromatic rings. The molecule has 1 unspecified atom stereocenters. The van der Waals surface area contributed by atoms with Crippen LogP contribution in [0.5, 0.6) is 0 Å². The van der Waals surface area contributed by atoms with E-state index in [-0.39, 0.29) is 24.7 Å². The number of carbonyl (C=O) groups is 3. The zero-order valence-electron chi connectivity index (χ0n) is 21.1. The van der Waals surface area contributed by atoms with Gasteiger partial charge in [0.05, 0.1) is 12.1 Å². The number of esters is 1. The highest BCUT2D eigenvalue weighted by Crippen LogP contribution is 2.19. The third-order valence-electron chi connectivity index (χ3n) is 4.49. The Hall–Kier alpha value is -3.47. The summed E-state index contributed by atoms with van der Waals surface area (Å²) >= 11 is 0. The van der Waals surface area contributed by atoms with Gasteiger partial charge >= 0.3 is 12.1 Å². The number of oxime groups is 1. The van der Waals surface area contributed by atoms with Gasteiger partial charge in [0.15, 0.2) is 0 Å². The van der Waals surface area contributed by atoms with Crippen LogP contribution in [0.3, 0.4) is 0 Å². The fourth-order valence-electron chi connectivity index (χ4n) is 2.95. The number of aliphatic imine (C=N–C) groups is 1. The molecule has 0 saturated heterocycles. The van der Waals surface area contributed by atoms with Gasteiger partial charge in [-0.05, 0) is 47.1 Å². The topological polar surface area (TPSA) is 168 Å². The number of nitrogens with one attached hydrogen (secondary N) is 1. The lowest BCUT2D eigenvalue weighted by Gasteiger charge is -2.22. The molecule has 0 radical (unpaired) electrons. The van der Waals surface area contributed by atoms with Crippen molar-refractivity contribution in [2.24, 2.45) is 21.6 Å². The highest BCUT2D eigenvalue weighted by molar-refractivity contribution is 6.05. The van der Waals surface area contributed by atoms with Crippen LogP contribution in [-0.2, 0) is 23.9 Å². The second-order valence-electron chi connectivity index (χ2n) is 10.2. The Kier molecular flexibility index (Phi) is 8.97. The molecule has 1 aliphatic rings. The van der Waals surface area contributed by atoms with E-state index in [0.717, 1.165) is 5.56 Å². The third kappa shape index (κ3) is 9.73. The summed E-state index contributed by atoms with van der Waals surface area (Å²) in [5, 5.41) is 6.69. The summed E-state index contributed by atoms with van der Waals surface area (Å²) in [7, 11) is 0. The Morgan fingerprint density at radius 1 is 1.11 bits per heavy atom. The maximum absolute atomic E-state index is 12.2. The van der Waals surface area contributed by atoms with E-state index in [2.05, 4.69) is 15.5 Å². The van der Waals surface area contributed by atoms with Crippen molar-refractivity contribution in [2.75, 3.05) is 6.54 Å². The van der Waals surface area contributed by atoms with Crippen LogP contribution in [0.25, 0.3) is 0 Å². The van der Waals surface area contributed by atoms with Crippen molar-refractivity contribution in [3.05, 3.63) is 35.4 Å². The third-order valence-corrected chi connectivity index (χ3v) is 4.49. The molecule has 35 heavy (non-hydrogen) atoms. The summed E-state index contributed by atoms with van der Waals surface area (Å²) in [6, 6.07) is 6.01. The molecule has 11 nitrogen and oxygen atoms in total. The molecule has 2 rings (SSSR count). The Balaban J connectivity index is 1.84. The van der Waals surface area contributed by atoms with Crippen molar-refractivity contribution in [1.82, 2.24) is 5.32 Å². The zero-order chi connectivity index (χ0) is 26.4. The van der Waals surface area contributed by atoms with Crippen molar-refractivity contribution >= 4 is 29.5 Å². The Bertz CT molecular complexity index is 989. The predicted octanol–water partition coefficient (Wildman–Crippen LogP) is 2.00. The standard InChI is InChI=1S/C24H35N5O6/c1-23(2,3)33-21(31)17(25)13-27-19(30)12-16-11-18(29-35-16)14-7-9-15(10-8-14)20(26)28-22(32)34-24(4,5)6/h7-10,16-17H,11-13,25H2,1-6H3,(H,27,30)(H2,26,28,32)/t16?,17-/m0/s1. The first-order valence-electron chi connectivity index (χ1n) is 11.3. The molecular weight excluding hydrogens is 454 g/mol. The van der Waals surface area contributed by atoms with Crippen LogP contribution in [0.4, 0.5) is 4.79 Å². The second-order valence-corrected chi connectivity index (χ2v) is 10.2. The number of rotatable bonds is 7. The van der Waals surface area contributed by atoms with Crippen molar-refractivity contribution in [3.63, 3.8) is 0 Å². The average Bonchev–Trinajstić information content (AvgIpc) is 3.17. The van der Waals surface area contributed by atoms with Crippen LogP contribution in [0, 0.1) is 0 Å².